The predicted molar refractivity (Wildman–Crippen MR) is 109 cm³/mol. The zero-order chi connectivity index (χ0) is 18.3. The second-order valence-corrected chi connectivity index (χ2v) is 8.04. The Hall–Kier alpha value is -2.48. The Morgan fingerprint density at radius 1 is 1.04 bits per heavy atom. The van der Waals surface area contributed by atoms with Crippen LogP contribution in [0.15, 0.2) is 42.5 Å². The lowest BCUT2D eigenvalue weighted by atomic mass is 10.2. The maximum Gasteiger partial charge on any atom is 0.267 e. The van der Waals surface area contributed by atoms with Crippen molar-refractivity contribution in [3.05, 3.63) is 52.4 Å². The number of thiazole rings is 1. The van der Waals surface area contributed by atoms with E-state index in [0.717, 1.165) is 20.3 Å². The molecular formula is C18H12ClN3O2S2. The van der Waals surface area contributed by atoms with E-state index in [9.17, 15) is 9.59 Å². The molecule has 2 aromatic heterocycles. The molecule has 0 aliphatic rings. The van der Waals surface area contributed by atoms with Gasteiger partial charge in [0, 0.05) is 22.7 Å². The molecule has 0 saturated carbocycles. The number of hydrogen-bond donors (Lipinski definition) is 2. The number of anilines is 2. The van der Waals surface area contributed by atoms with Crippen molar-refractivity contribution in [2.45, 2.75) is 6.92 Å². The van der Waals surface area contributed by atoms with E-state index in [1.165, 1.54) is 29.6 Å². The van der Waals surface area contributed by atoms with E-state index in [4.69, 9.17) is 11.6 Å². The third-order valence-corrected chi connectivity index (χ3v) is 6.28. The van der Waals surface area contributed by atoms with Crippen LogP contribution in [0.5, 0.6) is 0 Å². The van der Waals surface area contributed by atoms with Gasteiger partial charge < -0.3 is 10.6 Å². The first kappa shape index (κ1) is 17.0. The van der Waals surface area contributed by atoms with Gasteiger partial charge in [0.1, 0.15) is 4.88 Å². The molecule has 4 aromatic rings. The van der Waals surface area contributed by atoms with E-state index >= 15 is 0 Å². The normalized spacial score (nSPS) is 11.0. The van der Waals surface area contributed by atoms with E-state index < -0.39 is 0 Å². The fraction of sp³-hybridized carbons (Fsp3) is 0.0556. The van der Waals surface area contributed by atoms with Crippen LogP contribution in [0, 0.1) is 0 Å². The predicted octanol–water partition coefficient (Wildman–Crippen LogP) is 5.38. The van der Waals surface area contributed by atoms with E-state index in [0.29, 0.717) is 20.7 Å². The van der Waals surface area contributed by atoms with Crippen LogP contribution >= 0.6 is 34.3 Å². The van der Waals surface area contributed by atoms with Crippen LogP contribution in [-0.2, 0) is 4.79 Å². The molecule has 130 valence electrons. The highest BCUT2D eigenvalue weighted by Crippen LogP contribution is 2.36. The van der Waals surface area contributed by atoms with Crippen molar-refractivity contribution >= 4 is 77.2 Å². The molecule has 8 heteroatoms. The average Bonchev–Trinajstić information content (AvgIpc) is 3.15. The number of nitrogens with one attached hydrogen (secondary N) is 2. The first-order valence-electron chi connectivity index (χ1n) is 7.68. The second-order valence-electron chi connectivity index (χ2n) is 5.58. The van der Waals surface area contributed by atoms with Crippen LogP contribution in [-0.4, -0.2) is 16.8 Å². The van der Waals surface area contributed by atoms with Crippen LogP contribution in [0.3, 0.4) is 0 Å². The fourth-order valence-corrected chi connectivity index (χ4v) is 4.92. The summed E-state index contributed by atoms with van der Waals surface area (Å²) in [5, 5.41) is 7.42. The lowest BCUT2D eigenvalue weighted by Gasteiger charge is -2.03. The van der Waals surface area contributed by atoms with Gasteiger partial charge in [0.15, 0.2) is 5.13 Å². The summed E-state index contributed by atoms with van der Waals surface area (Å²) < 4.78 is 1.84. The van der Waals surface area contributed by atoms with Gasteiger partial charge in [-0.05, 0) is 24.3 Å². The molecule has 0 fully saturated rings. The number of halogens is 1. The highest BCUT2D eigenvalue weighted by molar-refractivity contribution is 7.22. The zero-order valence-electron chi connectivity index (χ0n) is 13.5. The minimum absolute atomic E-state index is 0.169. The first-order chi connectivity index (χ1) is 12.5. The molecule has 2 heterocycles. The van der Waals surface area contributed by atoms with Gasteiger partial charge in [-0.25, -0.2) is 4.98 Å². The maximum absolute atomic E-state index is 12.6. The minimum Gasteiger partial charge on any atom is -0.321 e. The number of benzene rings is 2. The molecule has 0 aliphatic heterocycles. The number of carbonyl (C=O) groups excluding carboxylic acids is 2. The molecular weight excluding hydrogens is 390 g/mol. The van der Waals surface area contributed by atoms with Gasteiger partial charge in [0.2, 0.25) is 5.91 Å². The van der Waals surface area contributed by atoms with Crippen molar-refractivity contribution in [3.63, 3.8) is 0 Å². The highest BCUT2D eigenvalue weighted by Gasteiger charge is 2.17. The van der Waals surface area contributed by atoms with Crippen molar-refractivity contribution in [3.8, 4) is 0 Å². The van der Waals surface area contributed by atoms with Crippen LogP contribution in [0.4, 0.5) is 10.8 Å². The van der Waals surface area contributed by atoms with Crippen molar-refractivity contribution in [1.29, 1.82) is 0 Å². The number of nitrogens with zero attached hydrogens (tertiary/aromatic N) is 1. The standard InChI is InChI=1S/C18H12ClN3O2S2/c1-9(23)20-18-22-12-7-6-10(8-14(12)26-18)21-17(24)16-15(19)11-4-2-3-5-13(11)25-16/h2-8H,1H3,(H,21,24)(H,20,22,23). The summed E-state index contributed by atoms with van der Waals surface area (Å²) >= 11 is 9.08. The molecule has 5 nitrogen and oxygen atoms in total. The molecule has 26 heavy (non-hydrogen) atoms. The number of thiophene rings is 1. The smallest absolute Gasteiger partial charge is 0.267 e. The summed E-state index contributed by atoms with van der Waals surface area (Å²) in [6.07, 6.45) is 0. The Bertz CT molecular complexity index is 1170. The Labute approximate surface area is 161 Å². The summed E-state index contributed by atoms with van der Waals surface area (Å²) in [5.74, 6) is -0.417. The van der Waals surface area contributed by atoms with Crippen LogP contribution in [0.25, 0.3) is 20.3 Å². The number of fused-ring (bicyclic) bond motifs is 2. The summed E-state index contributed by atoms with van der Waals surface area (Å²) in [5.41, 5.74) is 1.41. The molecule has 2 amide bonds. The molecule has 0 unspecified atom stereocenters. The van der Waals surface area contributed by atoms with Crippen molar-refractivity contribution in [2.75, 3.05) is 10.6 Å². The van der Waals surface area contributed by atoms with Crippen LogP contribution in [0.1, 0.15) is 16.6 Å². The lowest BCUT2D eigenvalue weighted by molar-refractivity contribution is -0.114. The largest absolute Gasteiger partial charge is 0.321 e. The van der Waals surface area contributed by atoms with Gasteiger partial charge >= 0.3 is 0 Å². The summed E-state index contributed by atoms with van der Waals surface area (Å²) in [7, 11) is 0. The number of carbonyl (C=O) groups is 2. The van der Waals surface area contributed by atoms with Gasteiger partial charge in [-0.3, -0.25) is 9.59 Å². The zero-order valence-corrected chi connectivity index (χ0v) is 15.9. The molecule has 0 spiro atoms. The third-order valence-electron chi connectivity index (χ3n) is 3.67. The summed E-state index contributed by atoms with van der Waals surface area (Å²) in [6, 6.07) is 13.1. The Kier molecular flexibility index (Phi) is 4.36. The first-order valence-corrected chi connectivity index (χ1v) is 9.69. The Morgan fingerprint density at radius 3 is 2.62 bits per heavy atom. The average molecular weight is 402 g/mol. The molecule has 4 rings (SSSR count). The molecule has 0 saturated heterocycles. The summed E-state index contributed by atoms with van der Waals surface area (Å²) in [4.78, 5) is 28.6. The number of amides is 2. The van der Waals surface area contributed by atoms with Crippen LogP contribution < -0.4 is 10.6 Å². The molecule has 0 bridgehead atoms. The Balaban J connectivity index is 1.62. The fourth-order valence-electron chi connectivity index (χ4n) is 2.55. The van der Waals surface area contributed by atoms with Gasteiger partial charge in [-0.1, -0.05) is 41.1 Å². The maximum atomic E-state index is 12.6. The van der Waals surface area contributed by atoms with Crippen LogP contribution in [0.2, 0.25) is 5.02 Å². The topological polar surface area (TPSA) is 71.1 Å². The van der Waals surface area contributed by atoms with Gasteiger partial charge in [-0.2, -0.15) is 0 Å². The second kappa shape index (κ2) is 6.68. The highest BCUT2D eigenvalue weighted by atomic mass is 35.5. The molecule has 2 aromatic carbocycles. The lowest BCUT2D eigenvalue weighted by Crippen LogP contribution is -2.10. The van der Waals surface area contributed by atoms with Crippen molar-refractivity contribution in [2.24, 2.45) is 0 Å². The molecule has 0 radical (unpaired) electrons. The van der Waals surface area contributed by atoms with Gasteiger partial charge in [0.05, 0.1) is 15.2 Å². The van der Waals surface area contributed by atoms with Gasteiger partial charge in [0.25, 0.3) is 5.91 Å². The van der Waals surface area contributed by atoms with Crippen molar-refractivity contribution < 1.29 is 9.59 Å². The Morgan fingerprint density at radius 2 is 1.85 bits per heavy atom. The third kappa shape index (κ3) is 3.16. The number of hydrogen-bond acceptors (Lipinski definition) is 5. The SMILES string of the molecule is CC(=O)Nc1nc2ccc(NC(=O)c3sc4ccccc4c3Cl)cc2s1. The number of aromatic nitrogens is 1. The van der Waals surface area contributed by atoms with Gasteiger partial charge in [-0.15, -0.1) is 11.3 Å². The summed E-state index contributed by atoms with van der Waals surface area (Å²) in [6.45, 7) is 1.44. The number of rotatable bonds is 3. The minimum atomic E-state index is -0.248. The van der Waals surface area contributed by atoms with E-state index in [1.54, 1.807) is 12.1 Å². The molecule has 0 atom stereocenters. The molecule has 0 aliphatic carbocycles. The van der Waals surface area contributed by atoms with E-state index in [1.807, 2.05) is 30.3 Å². The monoisotopic (exact) mass is 401 g/mol. The molecule has 2 N–H and O–H groups in total. The van der Waals surface area contributed by atoms with E-state index in [-0.39, 0.29) is 11.8 Å². The quantitative estimate of drug-likeness (QED) is 0.484. The van der Waals surface area contributed by atoms with E-state index in [2.05, 4.69) is 15.6 Å². The van der Waals surface area contributed by atoms with Crippen molar-refractivity contribution in [1.82, 2.24) is 4.98 Å².